The lowest BCUT2D eigenvalue weighted by atomic mass is 10.1. The molecule has 0 bridgehead atoms. The normalized spacial score (nSPS) is 14.1. The summed E-state index contributed by atoms with van der Waals surface area (Å²) >= 11 is 1.63. The quantitative estimate of drug-likeness (QED) is 0.542. The molecular formula is C22H29N3O2S. The molecule has 2 aromatic rings. The second-order valence-electron chi connectivity index (χ2n) is 6.85. The third kappa shape index (κ3) is 5.49. The van der Waals surface area contributed by atoms with E-state index in [2.05, 4.69) is 29.3 Å². The third-order valence-corrected chi connectivity index (χ3v) is 5.64. The highest BCUT2D eigenvalue weighted by Gasteiger charge is 2.20. The Labute approximate surface area is 171 Å². The molecule has 1 aromatic carbocycles. The molecule has 1 aromatic heterocycles. The van der Waals surface area contributed by atoms with Gasteiger partial charge in [-0.15, -0.1) is 11.8 Å². The fourth-order valence-electron chi connectivity index (χ4n) is 3.33. The van der Waals surface area contributed by atoms with Crippen molar-refractivity contribution >= 4 is 23.5 Å². The monoisotopic (exact) mass is 399 g/mol. The number of pyridine rings is 1. The van der Waals surface area contributed by atoms with E-state index in [1.807, 2.05) is 31.2 Å². The molecule has 0 aliphatic carbocycles. The molecule has 1 N–H and O–H groups in total. The summed E-state index contributed by atoms with van der Waals surface area (Å²) in [5, 5.41) is 3.91. The molecule has 0 radical (unpaired) electrons. The minimum atomic E-state index is -0.0254. The molecule has 1 amide bonds. The van der Waals surface area contributed by atoms with Crippen LogP contribution in [0.25, 0.3) is 0 Å². The number of hydrogen-bond donors (Lipinski definition) is 1. The number of ether oxygens (including phenoxy) is 1. The van der Waals surface area contributed by atoms with Crippen molar-refractivity contribution in [2.24, 2.45) is 0 Å². The van der Waals surface area contributed by atoms with E-state index in [0.29, 0.717) is 12.1 Å². The molecule has 150 valence electrons. The first-order valence-corrected chi connectivity index (χ1v) is 11.0. The maximum Gasteiger partial charge on any atom is 0.254 e. The number of benzene rings is 1. The lowest BCUT2D eigenvalue weighted by Gasteiger charge is -2.28. The molecule has 1 fully saturated rings. The van der Waals surface area contributed by atoms with Gasteiger partial charge in [-0.05, 0) is 42.7 Å². The van der Waals surface area contributed by atoms with E-state index in [-0.39, 0.29) is 5.91 Å². The second-order valence-corrected chi connectivity index (χ2v) is 8.11. The zero-order chi connectivity index (χ0) is 19.8. The molecule has 0 spiro atoms. The van der Waals surface area contributed by atoms with Gasteiger partial charge in [-0.2, -0.15) is 0 Å². The van der Waals surface area contributed by atoms with Crippen LogP contribution in [0.1, 0.15) is 34.8 Å². The first-order valence-electron chi connectivity index (χ1n) is 9.98. The van der Waals surface area contributed by atoms with Gasteiger partial charge in [0.15, 0.2) is 0 Å². The molecule has 28 heavy (non-hydrogen) atoms. The van der Waals surface area contributed by atoms with Crippen molar-refractivity contribution in [1.82, 2.24) is 10.3 Å². The van der Waals surface area contributed by atoms with Gasteiger partial charge in [0.2, 0.25) is 0 Å². The number of aryl methyl sites for hydroxylation is 2. The molecule has 0 unspecified atom stereocenters. The highest BCUT2D eigenvalue weighted by molar-refractivity contribution is 7.99. The summed E-state index contributed by atoms with van der Waals surface area (Å²) in [5.41, 5.74) is 2.99. The van der Waals surface area contributed by atoms with Gasteiger partial charge in [-0.1, -0.05) is 37.3 Å². The first-order chi connectivity index (χ1) is 13.7. The van der Waals surface area contributed by atoms with Gasteiger partial charge >= 0.3 is 0 Å². The van der Waals surface area contributed by atoms with E-state index in [0.717, 1.165) is 61.3 Å². The third-order valence-electron chi connectivity index (χ3n) is 4.78. The van der Waals surface area contributed by atoms with Crippen LogP contribution in [-0.4, -0.2) is 49.5 Å². The number of amides is 1. The van der Waals surface area contributed by atoms with Crippen LogP contribution in [-0.2, 0) is 11.2 Å². The largest absolute Gasteiger partial charge is 0.378 e. The maximum atomic E-state index is 12.9. The number of anilines is 1. The van der Waals surface area contributed by atoms with Crippen LogP contribution in [0.3, 0.4) is 0 Å². The number of nitrogens with zero attached hydrogens (tertiary/aromatic N) is 2. The summed E-state index contributed by atoms with van der Waals surface area (Å²) in [7, 11) is 0. The molecule has 6 heteroatoms. The lowest BCUT2D eigenvalue weighted by Crippen LogP contribution is -2.37. The average Bonchev–Trinajstić information content (AvgIpc) is 2.72. The van der Waals surface area contributed by atoms with Crippen LogP contribution in [0, 0.1) is 6.92 Å². The Kier molecular flexibility index (Phi) is 7.74. The zero-order valence-corrected chi connectivity index (χ0v) is 17.6. The van der Waals surface area contributed by atoms with Gasteiger partial charge in [-0.25, -0.2) is 4.98 Å². The molecule has 2 heterocycles. The van der Waals surface area contributed by atoms with Crippen molar-refractivity contribution in [3.8, 4) is 0 Å². The molecule has 1 saturated heterocycles. The van der Waals surface area contributed by atoms with E-state index in [4.69, 9.17) is 9.72 Å². The topological polar surface area (TPSA) is 54.5 Å². The standard InChI is InChI=1S/C22H29N3O2S/c1-3-28-22-20(17(2)16-19(24-22)25-12-14-27-15-13-25)21(26)23-11-7-10-18-8-5-4-6-9-18/h4-6,8-9,16H,3,7,10-15H2,1-2H3,(H,23,26). The van der Waals surface area contributed by atoms with Crippen molar-refractivity contribution < 1.29 is 9.53 Å². The Bertz CT molecular complexity index is 777. The number of aromatic nitrogens is 1. The number of rotatable bonds is 8. The smallest absolute Gasteiger partial charge is 0.254 e. The second kappa shape index (κ2) is 10.5. The van der Waals surface area contributed by atoms with E-state index in [1.165, 1.54) is 5.56 Å². The number of hydrogen-bond acceptors (Lipinski definition) is 5. The minimum absolute atomic E-state index is 0.0254. The summed E-state index contributed by atoms with van der Waals surface area (Å²) < 4.78 is 5.44. The maximum absolute atomic E-state index is 12.9. The molecule has 0 atom stereocenters. The molecular weight excluding hydrogens is 370 g/mol. The Balaban J connectivity index is 1.66. The van der Waals surface area contributed by atoms with Crippen molar-refractivity contribution in [2.75, 3.05) is 43.5 Å². The lowest BCUT2D eigenvalue weighted by molar-refractivity contribution is 0.0948. The van der Waals surface area contributed by atoms with Crippen LogP contribution in [0.2, 0.25) is 0 Å². The van der Waals surface area contributed by atoms with E-state index < -0.39 is 0 Å². The Morgan fingerprint density at radius 2 is 2.00 bits per heavy atom. The van der Waals surface area contributed by atoms with E-state index in [9.17, 15) is 4.79 Å². The van der Waals surface area contributed by atoms with Gasteiger partial charge in [0, 0.05) is 19.6 Å². The van der Waals surface area contributed by atoms with Crippen molar-refractivity contribution in [3.63, 3.8) is 0 Å². The summed E-state index contributed by atoms with van der Waals surface area (Å²) in [6.45, 7) is 7.88. The summed E-state index contributed by atoms with van der Waals surface area (Å²) in [5.74, 6) is 1.80. The highest BCUT2D eigenvalue weighted by Crippen LogP contribution is 2.28. The molecule has 3 rings (SSSR count). The van der Waals surface area contributed by atoms with Crippen LogP contribution >= 0.6 is 11.8 Å². The van der Waals surface area contributed by atoms with Crippen LogP contribution in [0.15, 0.2) is 41.4 Å². The van der Waals surface area contributed by atoms with Crippen molar-refractivity contribution in [1.29, 1.82) is 0 Å². The van der Waals surface area contributed by atoms with Crippen molar-refractivity contribution in [3.05, 3.63) is 53.1 Å². The predicted molar refractivity (Wildman–Crippen MR) is 116 cm³/mol. The first kappa shape index (κ1) is 20.7. The van der Waals surface area contributed by atoms with Crippen LogP contribution in [0.5, 0.6) is 0 Å². The predicted octanol–water partition coefficient (Wildman–Crippen LogP) is 3.70. The van der Waals surface area contributed by atoms with Gasteiger partial charge in [0.1, 0.15) is 10.8 Å². The molecule has 5 nitrogen and oxygen atoms in total. The van der Waals surface area contributed by atoms with Crippen LogP contribution < -0.4 is 10.2 Å². The number of nitrogens with one attached hydrogen (secondary N) is 1. The van der Waals surface area contributed by atoms with E-state index >= 15 is 0 Å². The average molecular weight is 400 g/mol. The molecule has 0 saturated carbocycles. The van der Waals surface area contributed by atoms with Crippen molar-refractivity contribution in [2.45, 2.75) is 31.7 Å². The van der Waals surface area contributed by atoms with Gasteiger partial charge in [0.25, 0.3) is 5.91 Å². The number of morpholine rings is 1. The number of carbonyl (C=O) groups is 1. The SMILES string of the molecule is CCSc1nc(N2CCOCC2)cc(C)c1C(=O)NCCCc1ccccc1. The zero-order valence-electron chi connectivity index (χ0n) is 16.7. The van der Waals surface area contributed by atoms with Crippen LogP contribution in [0.4, 0.5) is 5.82 Å². The fourth-order valence-corrected chi connectivity index (χ4v) is 4.16. The molecule has 1 aliphatic rings. The van der Waals surface area contributed by atoms with Gasteiger partial charge in [0.05, 0.1) is 18.8 Å². The van der Waals surface area contributed by atoms with E-state index in [1.54, 1.807) is 11.8 Å². The Hall–Kier alpha value is -2.05. The highest BCUT2D eigenvalue weighted by atomic mass is 32.2. The minimum Gasteiger partial charge on any atom is -0.378 e. The summed E-state index contributed by atoms with van der Waals surface area (Å²) in [6.07, 6.45) is 1.88. The Morgan fingerprint density at radius 3 is 2.71 bits per heavy atom. The fraction of sp³-hybridized carbons (Fsp3) is 0.455. The van der Waals surface area contributed by atoms with Gasteiger partial charge < -0.3 is 15.0 Å². The number of thioether (sulfide) groups is 1. The Morgan fingerprint density at radius 1 is 1.25 bits per heavy atom. The summed E-state index contributed by atoms with van der Waals surface area (Å²) in [4.78, 5) is 19.9. The summed E-state index contributed by atoms with van der Waals surface area (Å²) in [6, 6.07) is 12.4. The number of carbonyl (C=O) groups excluding carboxylic acids is 1. The van der Waals surface area contributed by atoms with Gasteiger partial charge in [-0.3, -0.25) is 4.79 Å². The molecule has 1 aliphatic heterocycles.